The molecular formula is C13H12Cl2N2S. The zero-order valence-electron chi connectivity index (χ0n) is 9.78. The first-order chi connectivity index (χ1) is 8.70. The highest BCUT2D eigenvalue weighted by molar-refractivity contribution is 7.99. The molecule has 0 saturated heterocycles. The number of halogens is 2. The van der Waals surface area contributed by atoms with E-state index in [2.05, 4.69) is 10.3 Å². The fraction of sp³-hybridized carbons (Fsp3) is 0.154. The Morgan fingerprint density at radius 2 is 2.06 bits per heavy atom. The van der Waals surface area contributed by atoms with Gasteiger partial charge in [-0.15, -0.1) is 0 Å². The fourth-order valence-corrected chi connectivity index (χ4v) is 2.83. The van der Waals surface area contributed by atoms with Gasteiger partial charge in [-0.25, -0.2) is 4.98 Å². The van der Waals surface area contributed by atoms with E-state index in [-0.39, 0.29) is 0 Å². The van der Waals surface area contributed by atoms with Crippen LogP contribution >= 0.6 is 35.0 Å². The predicted octanol–water partition coefficient (Wildman–Crippen LogP) is 4.26. The average molecular weight is 299 g/mol. The van der Waals surface area contributed by atoms with Gasteiger partial charge in [0.2, 0.25) is 0 Å². The monoisotopic (exact) mass is 298 g/mol. The lowest BCUT2D eigenvalue weighted by molar-refractivity contribution is 0.817. The molecule has 0 fully saturated rings. The average Bonchev–Trinajstić information content (AvgIpc) is 2.35. The first-order valence-electron chi connectivity index (χ1n) is 5.42. The minimum absolute atomic E-state index is 0.637. The largest absolute Gasteiger partial charge is 0.316 e. The Labute approximate surface area is 121 Å². The van der Waals surface area contributed by atoms with Crippen molar-refractivity contribution in [1.29, 1.82) is 0 Å². The molecule has 0 saturated carbocycles. The number of pyridine rings is 1. The van der Waals surface area contributed by atoms with Crippen molar-refractivity contribution in [3.05, 3.63) is 52.1 Å². The van der Waals surface area contributed by atoms with Gasteiger partial charge in [0, 0.05) is 17.6 Å². The van der Waals surface area contributed by atoms with Gasteiger partial charge in [0.1, 0.15) is 5.03 Å². The normalized spacial score (nSPS) is 10.6. The minimum atomic E-state index is 0.637. The van der Waals surface area contributed by atoms with Crippen LogP contribution in [0.2, 0.25) is 10.0 Å². The molecule has 1 aromatic carbocycles. The maximum Gasteiger partial charge on any atom is 0.119 e. The number of nitrogens with zero attached hydrogens (tertiary/aromatic N) is 1. The van der Waals surface area contributed by atoms with Gasteiger partial charge < -0.3 is 5.32 Å². The molecule has 1 N–H and O–H groups in total. The van der Waals surface area contributed by atoms with E-state index in [1.807, 2.05) is 37.4 Å². The number of hydrogen-bond donors (Lipinski definition) is 1. The molecule has 18 heavy (non-hydrogen) atoms. The van der Waals surface area contributed by atoms with E-state index in [1.54, 1.807) is 6.20 Å². The van der Waals surface area contributed by atoms with E-state index < -0.39 is 0 Å². The summed E-state index contributed by atoms with van der Waals surface area (Å²) in [4.78, 5) is 5.19. The molecule has 0 aliphatic heterocycles. The second kappa shape index (κ2) is 6.43. The summed E-state index contributed by atoms with van der Waals surface area (Å²) in [6.07, 6.45) is 1.72. The van der Waals surface area contributed by atoms with Crippen LogP contribution in [-0.4, -0.2) is 12.0 Å². The van der Waals surface area contributed by atoms with Gasteiger partial charge in [0.15, 0.2) is 0 Å². The second-order valence-electron chi connectivity index (χ2n) is 3.69. The van der Waals surface area contributed by atoms with E-state index in [0.717, 1.165) is 27.1 Å². The lowest BCUT2D eigenvalue weighted by atomic mass is 10.2. The Morgan fingerprint density at radius 1 is 1.22 bits per heavy atom. The molecule has 0 spiro atoms. The Bertz CT molecular complexity index is 546. The number of rotatable bonds is 4. The van der Waals surface area contributed by atoms with Crippen molar-refractivity contribution in [2.45, 2.75) is 16.5 Å². The highest BCUT2D eigenvalue weighted by atomic mass is 35.5. The van der Waals surface area contributed by atoms with Crippen LogP contribution in [0.4, 0.5) is 0 Å². The quantitative estimate of drug-likeness (QED) is 0.913. The summed E-state index contributed by atoms with van der Waals surface area (Å²) in [6.45, 7) is 0.801. The van der Waals surface area contributed by atoms with E-state index in [9.17, 15) is 0 Å². The van der Waals surface area contributed by atoms with Crippen molar-refractivity contribution in [3.8, 4) is 0 Å². The Balaban J connectivity index is 2.22. The zero-order valence-corrected chi connectivity index (χ0v) is 12.1. The standard InChI is InChI=1S/C13H12Cl2N2S/c1-16-8-9-4-5-12(11(15)7-9)18-13-10(14)3-2-6-17-13/h2-7,16H,8H2,1H3. The molecule has 1 heterocycles. The fourth-order valence-electron chi connectivity index (χ4n) is 1.49. The van der Waals surface area contributed by atoms with Crippen LogP contribution in [0, 0.1) is 0 Å². The predicted molar refractivity (Wildman–Crippen MR) is 77.6 cm³/mol. The van der Waals surface area contributed by atoms with Gasteiger partial charge in [-0.05, 0) is 36.9 Å². The number of nitrogens with one attached hydrogen (secondary N) is 1. The molecule has 2 aromatic rings. The van der Waals surface area contributed by atoms with E-state index >= 15 is 0 Å². The van der Waals surface area contributed by atoms with Crippen LogP contribution in [0.1, 0.15) is 5.56 Å². The molecule has 0 amide bonds. The summed E-state index contributed by atoms with van der Waals surface area (Å²) in [5, 5.41) is 5.21. The third kappa shape index (κ3) is 3.39. The van der Waals surface area contributed by atoms with Crippen LogP contribution in [0.25, 0.3) is 0 Å². The van der Waals surface area contributed by atoms with E-state index in [0.29, 0.717) is 5.02 Å². The van der Waals surface area contributed by atoms with Crippen LogP contribution in [0.3, 0.4) is 0 Å². The summed E-state index contributed by atoms with van der Waals surface area (Å²) in [5.74, 6) is 0. The summed E-state index contributed by atoms with van der Waals surface area (Å²) < 4.78 is 0. The Morgan fingerprint density at radius 3 is 2.72 bits per heavy atom. The molecule has 0 aliphatic carbocycles. The Kier molecular flexibility index (Phi) is 4.89. The third-order valence-corrected chi connectivity index (χ3v) is 4.24. The Hall–Kier alpha value is -0.740. The molecule has 0 bridgehead atoms. The molecule has 0 radical (unpaired) electrons. The zero-order chi connectivity index (χ0) is 13.0. The van der Waals surface area contributed by atoms with E-state index in [1.165, 1.54) is 11.8 Å². The van der Waals surface area contributed by atoms with Crippen LogP contribution in [0.15, 0.2) is 46.5 Å². The van der Waals surface area contributed by atoms with Gasteiger partial charge in [0.25, 0.3) is 0 Å². The molecule has 94 valence electrons. The lowest BCUT2D eigenvalue weighted by Gasteiger charge is -2.07. The molecule has 0 atom stereocenters. The molecule has 1 aromatic heterocycles. The summed E-state index contributed by atoms with van der Waals surface area (Å²) in [7, 11) is 1.91. The topological polar surface area (TPSA) is 24.9 Å². The minimum Gasteiger partial charge on any atom is -0.316 e. The molecule has 5 heteroatoms. The van der Waals surface area contributed by atoms with Crippen LogP contribution < -0.4 is 5.32 Å². The third-order valence-electron chi connectivity index (χ3n) is 2.31. The van der Waals surface area contributed by atoms with Gasteiger partial charge in [0.05, 0.1) is 10.0 Å². The molecule has 2 nitrogen and oxygen atoms in total. The molecule has 2 rings (SSSR count). The second-order valence-corrected chi connectivity index (χ2v) is 5.53. The first kappa shape index (κ1) is 13.7. The van der Waals surface area contributed by atoms with Gasteiger partial charge in [-0.1, -0.05) is 41.0 Å². The van der Waals surface area contributed by atoms with Crippen molar-refractivity contribution >= 4 is 35.0 Å². The highest BCUT2D eigenvalue weighted by Gasteiger charge is 2.07. The highest BCUT2D eigenvalue weighted by Crippen LogP contribution is 2.35. The maximum atomic E-state index is 6.25. The van der Waals surface area contributed by atoms with E-state index in [4.69, 9.17) is 23.2 Å². The number of aromatic nitrogens is 1. The van der Waals surface area contributed by atoms with Crippen molar-refractivity contribution in [2.24, 2.45) is 0 Å². The van der Waals surface area contributed by atoms with Crippen LogP contribution in [-0.2, 0) is 6.54 Å². The van der Waals surface area contributed by atoms with Crippen molar-refractivity contribution in [1.82, 2.24) is 10.3 Å². The van der Waals surface area contributed by atoms with Gasteiger partial charge in [-0.2, -0.15) is 0 Å². The lowest BCUT2D eigenvalue weighted by Crippen LogP contribution is -2.04. The molecular weight excluding hydrogens is 287 g/mol. The summed E-state index contributed by atoms with van der Waals surface area (Å²) in [6, 6.07) is 9.62. The molecule has 0 unspecified atom stereocenters. The number of benzene rings is 1. The number of hydrogen-bond acceptors (Lipinski definition) is 3. The summed E-state index contributed by atoms with van der Waals surface area (Å²) in [5.41, 5.74) is 1.15. The van der Waals surface area contributed by atoms with Crippen molar-refractivity contribution in [2.75, 3.05) is 7.05 Å². The van der Waals surface area contributed by atoms with Gasteiger partial charge >= 0.3 is 0 Å². The smallest absolute Gasteiger partial charge is 0.119 e. The van der Waals surface area contributed by atoms with Gasteiger partial charge in [-0.3, -0.25) is 0 Å². The maximum absolute atomic E-state index is 6.25. The molecule has 0 aliphatic rings. The SMILES string of the molecule is CNCc1ccc(Sc2ncccc2Cl)c(Cl)c1. The van der Waals surface area contributed by atoms with Crippen LogP contribution in [0.5, 0.6) is 0 Å². The van der Waals surface area contributed by atoms with Crippen molar-refractivity contribution < 1.29 is 0 Å². The first-order valence-corrected chi connectivity index (χ1v) is 6.99. The summed E-state index contributed by atoms with van der Waals surface area (Å²) >= 11 is 13.8. The van der Waals surface area contributed by atoms with Crippen molar-refractivity contribution in [3.63, 3.8) is 0 Å².